The monoisotopic (exact) mass is 774 g/mol. The van der Waals surface area contributed by atoms with E-state index in [1.165, 1.54) is 57.1 Å². The number of carbonyl (C=O) groups is 2. The Morgan fingerprint density at radius 1 is 0.825 bits per heavy atom. The highest BCUT2D eigenvalue weighted by molar-refractivity contribution is 5.79. The molecule has 1 saturated heterocycles. The first-order valence-corrected chi connectivity index (χ1v) is 21.2. The van der Waals surface area contributed by atoms with Crippen molar-refractivity contribution in [1.29, 1.82) is 0 Å². The van der Waals surface area contributed by atoms with Crippen molar-refractivity contribution in [3.05, 3.63) is 108 Å². The average molecular weight is 775 g/mol. The van der Waals surface area contributed by atoms with Crippen molar-refractivity contribution in [3.8, 4) is 28.1 Å². The summed E-state index contributed by atoms with van der Waals surface area (Å²) in [6.07, 6.45) is 12.2. The molecule has 3 aliphatic rings. The van der Waals surface area contributed by atoms with Crippen LogP contribution in [-0.4, -0.2) is 73.7 Å². The number of benzene rings is 3. The number of halogens is 1. The largest absolute Gasteiger partial charge is 0.476 e. The van der Waals surface area contributed by atoms with Crippen molar-refractivity contribution in [3.63, 3.8) is 0 Å². The van der Waals surface area contributed by atoms with E-state index in [2.05, 4.69) is 39.6 Å². The molecule has 7 rings (SSSR count). The van der Waals surface area contributed by atoms with Crippen LogP contribution in [0.4, 0.5) is 4.39 Å². The quantitative estimate of drug-likeness (QED) is 0.119. The van der Waals surface area contributed by atoms with Crippen molar-refractivity contribution in [2.45, 2.75) is 77.2 Å². The molecule has 1 aromatic heterocycles. The number of nitrogens with zero attached hydrogens (tertiary/aromatic N) is 2. The molecular weight excluding hydrogens is 716 g/mol. The third-order valence-corrected chi connectivity index (χ3v) is 12.6. The predicted octanol–water partition coefficient (Wildman–Crippen LogP) is 8.28. The predicted molar refractivity (Wildman–Crippen MR) is 223 cm³/mol. The molecule has 3 aromatic carbocycles. The number of ether oxygens (including phenoxy) is 2. The summed E-state index contributed by atoms with van der Waals surface area (Å²) in [6.45, 7) is 7.85. The molecule has 4 unspecified atom stereocenters. The first kappa shape index (κ1) is 40.6. The second kappa shape index (κ2) is 20.2. The Bertz CT molecular complexity index is 1880. The standard InChI is InChI=1S/C48H59FN4O4/c1-34(52-47(55)30-36-10-15-39(16-11-36)44-18-19-48(51-33-44)57-27-24-53-22-25-56-26-23-53)40-4-2-5-41(31-40)43-17-12-37(28-43)20-21-50-46(54)29-35-8-13-38(14-9-35)42-6-3-7-45(49)32-42/h3,6-11,13-16,18-19,32-34,37,40-41,43H,2,4-5,12,17,20-31H2,1H3,(H,50,54)(H,52,55)/t34-,37?,40?,41?,43?/m1/s1. The lowest BCUT2D eigenvalue weighted by Crippen LogP contribution is -2.41. The summed E-state index contributed by atoms with van der Waals surface area (Å²) in [6, 6.07) is 26.7. The number of pyridine rings is 1. The average Bonchev–Trinajstić information content (AvgIpc) is 3.71. The highest BCUT2D eigenvalue weighted by Crippen LogP contribution is 2.44. The Hall–Kier alpha value is -4.60. The molecule has 3 fully saturated rings. The lowest BCUT2D eigenvalue weighted by Gasteiger charge is -2.36. The SMILES string of the molecule is C[C@@H](NC(=O)Cc1ccc(-c2ccc(OCCN3CCOCC3)nc2)cc1)C1CCCC(C2CCC(CCNC(=O)Cc3ccc(-c4cccc(F)c4)cc3)C2)C1. The van der Waals surface area contributed by atoms with Gasteiger partial charge in [-0.1, -0.05) is 79.9 Å². The van der Waals surface area contributed by atoms with Crippen LogP contribution in [0.5, 0.6) is 5.88 Å². The summed E-state index contributed by atoms with van der Waals surface area (Å²) in [5.41, 5.74) is 5.82. The molecule has 0 spiro atoms. The van der Waals surface area contributed by atoms with Gasteiger partial charge in [-0.3, -0.25) is 14.5 Å². The molecule has 1 aliphatic heterocycles. The third kappa shape index (κ3) is 12.0. The fourth-order valence-electron chi connectivity index (χ4n) is 9.26. The number of carbonyl (C=O) groups excluding carboxylic acids is 2. The van der Waals surface area contributed by atoms with Gasteiger partial charge in [0.25, 0.3) is 0 Å². The van der Waals surface area contributed by atoms with Crippen molar-refractivity contribution in [2.24, 2.45) is 23.7 Å². The van der Waals surface area contributed by atoms with Crippen LogP contribution < -0.4 is 15.4 Å². The van der Waals surface area contributed by atoms with Crippen LogP contribution in [0.2, 0.25) is 0 Å². The zero-order chi connectivity index (χ0) is 39.4. The minimum Gasteiger partial charge on any atom is -0.476 e. The lowest BCUT2D eigenvalue weighted by molar-refractivity contribution is -0.122. The van der Waals surface area contributed by atoms with Crippen LogP contribution in [0.25, 0.3) is 22.3 Å². The smallest absolute Gasteiger partial charge is 0.224 e. The molecular formula is C48H59FN4O4. The van der Waals surface area contributed by atoms with Crippen LogP contribution in [0.15, 0.2) is 91.1 Å². The Balaban J connectivity index is 0.784. The van der Waals surface area contributed by atoms with Crippen molar-refractivity contribution >= 4 is 11.8 Å². The van der Waals surface area contributed by atoms with Crippen LogP contribution >= 0.6 is 0 Å². The number of morpholine rings is 1. The fourth-order valence-corrected chi connectivity index (χ4v) is 9.26. The number of nitrogens with one attached hydrogen (secondary N) is 2. The van der Waals surface area contributed by atoms with Gasteiger partial charge in [-0.05, 0) is 109 Å². The Morgan fingerprint density at radius 2 is 1.53 bits per heavy atom. The third-order valence-electron chi connectivity index (χ3n) is 12.6. The summed E-state index contributed by atoms with van der Waals surface area (Å²) in [7, 11) is 0. The van der Waals surface area contributed by atoms with Gasteiger partial charge >= 0.3 is 0 Å². The van der Waals surface area contributed by atoms with E-state index < -0.39 is 0 Å². The van der Waals surface area contributed by atoms with E-state index in [1.54, 1.807) is 6.07 Å². The van der Waals surface area contributed by atoms with E-state index in [1.807, 2.05) is 60.8 Å². The Morgan fingerprint density at radius 3 is 2.25 bits per heavy atom. The number of aromatic nitrogens is 1. The first-order valence-electron chi connectivity index (χ1n) is 21.2. The van der Waals surface area contributed by atoms with Crippen LogP contribution in [0.1, 0.15) is 69.4 Å². The maximum atomic E-state index is 13.6. The van der Waals surface area contributed by atoms with E-state index in [-0.39, 0.29) is 23.7 Å². The number of rotatable bonds is 16. The fraction of sp³-hybridized carbons (Fsp3) is 0.479. The first-order chi connectivity index (χ1) is 27.8. The van der Waals surface area contributed by atoms with Gasteiger partial charge in [0.1, 0.15) is 12.4 Å². The maximum absolute atomic E-state index is 13.6. The molecule has 2 aliphatic carbocycles. The molecule has 2 heterocycles. The van der Waals surface area contributed by atoms with Crippen molar-refractivity contribution < 1.29 is 23.5 Å². The Kier molecular flexibility index (Phi) is 14.4. The van der Waals surface area contributed by atoms with Crippen LogP contribution in [0.3, 0.4) is 0 Å². The highest BCUT2D eigenvalue weighted by atomic mass is 19.1. The zero-order valence-corrected chi connectivity index (χ0v) is 33.5. The van der Waals surface area contributed by atoms with Crippen LogP contribution in [-0.2, 0) is 27.2 Å². The second-order valence-corrected chi connectivity index (χ2v) is 16.6. The number of hydrogen-bond donors (Lipinski definition) is 2. The molecule has 0 radical (unpaired) electrons. The van der Waals surface area contributed by atoms with Crippen LogP contribution in [0, 0.1) is 29.5 Å². The molecule has 2 amide bonds. The topological polar surface area (TPSA) is 92.8 Å². The van der Waals surface area contributed by atoms with Gasteiger partial charge in [0, 0.05) is 50.0 Å². The van der Waals surface area contributed by atoms with E-state index in [0.29, 0.717) is 43.7 Å². The lowest BCUT2D eigenvalue weighted by atomic mass is 9.72. The van der Waals surface area contributed by atoms with Crippen molar-refractivity contribution in [1.82, 2.24) is 20.5 Å². The van der Waals surface area contributed by atoms with Crippen molar-refractivity contribution in [2.75, 3.05) is 46.0 Å². The van der Waals surface area contributed by atoms with Gasteiger partial charge < -0.3 is 20.1 Å². The van der Waals surface area contributed by atoms with Gasteiger partial charge in [0.05, 0.1) is 26.1 Å². The van der Waals surface area contributed by atoms with E-state index >= 15 is 0 Å². The molecule has 4 aromatic rings. The summed E-state index contributed by atoms with van der Waals surface area (Å²) in [5, 5.41) is 6.50. The van der Waals surface area contributed by atoms with Gasteiger partial charge in [0.15, 0.2) is 0 Å². The Labute approximate surface area is 338 Å². The summed E-state index contributed by atoms with van der Waals surface area (Å²) >= 11 is 0. The zero-order valence-electron chi connectivity index (χ0n) is 33.5. The molecule has 5 atom stereocenters. The van der Waals surface area contributed by atoms with Gasteiger partial charge in [-0.2, -0.15) is 0 Å². The highest BCUT2D eigenvalue weighted by Gasteiger charge is 2.35. The molecule has 2 N–H and O–H groups in total. The molecule has 57 heavy (non-hydrogen) atoms. The molecule has 8 nitrogen and oxygen atoms in total. The van der Waals surface area contributed by atoms with Gasteiger partial charge in [-0.15, -0.1) is 0 Å². The molecule has 2 saturated carbocycles. The second-order valence-electron chi connectivity index (χ2n) is 16.6. The maximum Gasteiger partial charge on any atom is 0.224 e. The molecule has 9 heteroatoms. The molecule has 0 bridgehead atoms. The minimum absolute atomic E-state index is 0.0478. The summed E-state index contributed by atoms with van der Waals surface area (Å²) < 4.78 is 24.9. The van der Waals surface area contributed by atoms with E-state index in [9.17, 15) is 14.0 Å². The van der Waals surface area contributed by atoms with E-state index in [4.69, 9.17) is 9.47 Å². The number of amides is 2. The normalized spacial score (nSPS) is 21.8. The van der Waals surface area contributed by atoms with Gasteiger partial charge in [0.2, 0.25) is 17.7 Å². The summed E-state index contributed by atoms with van der Waals surface area (Å²) in [5.74, 6) is 3.14. The minimum atomic E-state index is -0.253. The van der Waals surface area contributed by atoms with E-state index in [0.717, 1.165) is 84.5 Å². The van der Waals surface area contributed by atoms with Gasteiger partial charge in [-0.25, -0.2) is 9.37 Å². The number of hydrogen-bond acceptors (Lipinski definition) is 6. The summed E-state index contributed by atoms with van der Waals surface area (Å²) in [4.78, 5) is 32.7. The molecule has 302 valence electrons.